The van der Waals surface area contributed by atoms with Crippen molar-refractivity contribution >= 4 is 52.8 Å². The lowest BCUT2D eigenvalue weighted by Gasteiger charge is -2.26. The Bertz CT molecular complexity index is 1170. The van der Waals surface area contributed by atoms with Crippen molar-refractivity contribution < 1.29 is 14.4 Å². The summed E-state index contributed by atoms with van der Waals surface area (Å²) in [6.07, 6.45) is 3.23. The summed E-state index contributed by atoms with van der Waals surface area (Å²) < 4.78 is 1.80. The Kier molecular flexibility index (Phi) is 4.96. The van der Waals surface area contributed by atoms with Crippen LogP contribution in [-0.2, 0) is 9.59 Å². The summed E-state index contributed by atoms with van der Waals surface area (Å²) in [5.41, 5.74) is 1.49. The highest BCUT2D eigenvalue weighted by Crippen LogP contribution is 2.25. The van der Waals surface area contributed by atoms with Gasteiger partial charge < -0.3 is 4.57 Å². The molecule has 0 saturated carbocycles. The highest BCUT2D eigenvalue weighted by atomic mass is 35.5. The van der Waals surface area contributed by atoms with Crippen molar-refractivity contribution in [2.75, 3.05) is 4.90 Å². The minimum Gasteiger partial charge on any atom is -0.317 e. The number of urea groups is 1. The molecular formula is C21H13Cl2N3O3. The molecule has 1 fully saturated rings. The number of hydrogen-bond acceptors (Lipinski definition) is 3. The molecule has 3 aromatic rings. The van der Waals surface area contributed by atoms with Gasteiger partial charge in [-0.15, -0.1) is 0 Å². The quantitative estimate of drug-likeness (QED) is 0.497. The van der Waals surface area contributed by atoms with Gasteiger partial charge in [0.25, 0.3) is 11.8 Å². The van der Waals surface area contributed by atoms with Crippen molar-refractivity contribution in [1.82, 2.24) is 9.88 Å². The van der Waals surface area contributed by atoms with Crippen LogP contribution in [0.15, 0.2) is 72.4 Å². The van der Waals surface area contributed by atoms with Gasteiger partial charge >= 0.3 is 6.03 Å². The fourth-order valence-corrected chi connectivity index (χ4v) is 3.31. The Morgan fingerprint density at radius 3 is 2.31 bits per heavy atom. The van der Waals surface area contributed by atoms with Crippen molar-refractivity contribution in [2.45, 2.75) is 0 Å². The number of imide groups is 2. The van der Waals surface area contributed by atoms with Gasteiger partial charge in [0.15, 0.2) is 0 Å². The summed E-state index contributed by atoms with van der Waals surface area (Å²) in [5.74, 6) is -1.49. The number of halogens is 2. The van der Waals surface area contributed by atoms with Crippen molar-refractivity contribution in [3.63, 3.8) is 0 Å². The van der Waals surface area contributed by atoms with Crippen molar-refractivity contribution in [3.8, 4) is 5.69 Å². The maximum Gasteiger partial charge on any atom is 0.335 e. The van der Waals surface area contributed by atoms with Crippen LogP contribution in [0.1, 0.15) is 5.69 Å². The Morgan fingerprint density at radius 2 is 1.59 bits per heavy atom. The average molecular weight is 426 g/mol. The molecule has 0 unspecified atom stereocenters. The Labute approximate surface area is 175 Å². The van der Waals surface area contributed by atoms with Crippen LogP contribution < -0.4 is 10.2 Å². The highest BCUT2D eigenvalue weighted by molar-refractivity contribution is 6.39. The van der Waals surface area contributed by atoms with Crippen molar-refractivity contribution in [2.24, 2.45) is 0 Å². The van der Waals surface area contributed by atoms with Gasteiger partial charge in [-0.25, -0.2) is 9.69 Å². The average Bonchev–Trinajstić information content (AvgIpc) is 3.14. The summed E-state index contributed by atoms with van der Waals surface area (Å²) in [6.45, 7) is 0. The van der Waals surface area contributed by atoms with Gasteiger partial charge in [-0.1, -0.05) is 29.3 Å². The molecule has 29 heavy (non-hydrogen) atoms. The van der Waals surface area contributed by atoms with E-state index in [0.29, 0.717) is 15.7 Å². The maximum atomic E-state index is 13.0. The molecule has 0 atom stereocenters. The second-order valence-corrected chi connectivity index (χ2v) is 7.09. The number of amides is 4. The first-order chi connectivity index (χ1) is 13.9. The number of benzene rings is 2. The summed E-state index contributed by atoms with van der Waals surface area (Å²) in [5, 5.41) is 3.15. The minimum atomic E-state index is -0.826. The van der Waals surface area contributed by atoms with Crippen LogP contribution in [0.4, 0.5) is 10.5 Å². The first-order valence-corrected chi connectivity index (χ1v) is 9.30. The fourth-order valence-electron chi connectivity index (χ4n) is 3.00. The third-order valence-corrected chi connectivity index (χ3v) is 4.83. The van der Waals surface area contributed by atoms with E-state index in [1.807, 2.05) is 12.1 Å². The standard InChI is InChI=1S/C21H13Cl2N3O3/c22-13-6-8-15(9-7-13)25-10-2-5-16(25)12-18-19(27)24-21(29)26(20(18)28)17-4-1-3-14(23)11-17/h1-12H,(H,24,27,29)/b18-12+. The van der Waals surface area contributed by atoms with E-state index in [2.05, 4.69) is 5.32 Å². The van der Waals surface area contributed by atoms with E-state index >= 15 is 0 Å². The number of hydrogen-bond donors (Lipinski definition) is 1. The highest BCUT2D eigenvalue weighted by Gasteiger charge is 2.37. The van der Waals surface area contributed by atoms with Gasteiger partial charge in [-0.2, -0.15) is 0 Å². The zero-order chi connectivity index (χ0) is 20.5. The number of carbonyl (C=O) groups is 3. The molecule has 144 valence electrons. The topological polar surface area (TPSA) is 71.4 Å². The van der Waals surface area contributed by atoms with Gasteiger partial charge in [0.05, 0.1) is 5.69 Å². The second-order valence-electron chi connectivity index (χ2n) is 6.22. The van der Waals surface area contributed by atoms with Crippen molar-refractivity contribution in [1.29, 1.82) is 0 Å². The molecule has 0 radical (unpaired) electrons. The lowest BCUT2D eigenvalue weighted by Crippen LogP contribution is -2.54. The van der Waals surface area contributed by atoms with Crippen LogP contribution >= 0.6 is 23.2 Å². The molecule has 1 aromatic heterocycles. The third-order valence-electron chi connectivity index (χ3n) is 4.35. The molecule has 4 amide bonds. The second kappa shape index (κ2) is 7.58. The molecule has 4 rings (SSSR count). The fraction of sp³-hybridized carbons (Fsp3) is 0. The maximum absolute atomic E-state index is 13.0. The predicted molar refractivity (Wildman–Crippen MR) is 111 cm³/mol. The van der Waals surface area contributed by atoms with E-state index in [9.17, 15) is 14.4 Å². The molecule has 1 aliphatic rings. The normalized spacial score (nSPS) is 15.7. The molecule has 2 heterocycles. The van der Waals surface area contributed by atoms with Gasteiger partial charge in [0.2, 0.25) is 0 Å². The summed E-state index contributed by atoms with van der Waals surface area (Å²) >= 11 is 11.9. The van der Waals surface area contributed by atoms with E-state index < -0.39 is 17.8 Å². The SMILES string of the molecule is O=C1NC(=O)N(c2cccc(Cl)c2)C(=O)/C1=C/c1cccn1-c1ccc(Cl)cc1. The predicted octanol–water partition coefficient (Wildman–Crippen LogP) is 4.45. The van der Waals surface area contributed by atoms with E-state index in [4.69, 9.17) is 23.2 Å². The molecule has 6 nitrogen and oxygen atoms in total. The van der Waals surface area contributed by atoms with Crippen LogP contribution in [0.3, 0.4) is 0 Å². The van der Waals surface area contributed by atoms with Crippen LogP contribution in [0.25, 0.3) is 11.8 Å². The Hall–Kier alpha value is -3.35. The molecule has 1 saturated heterocycles. The van der Waals surface area contributed by atoms with Crippen LogP contribution in [0.2, 0.25) is 10.0 Å². The molecule has 2 aromatic carbocycles. The Balaban J connectivity index is 1.75. The smallest absolute Gasteiger partial charge is 0.317 e. The van der Waals surface area contributed by atoms with Crippen LogP contribution in [0.5, 0.6) is 0 Å². The van der Waals surface area contributed by atoms with Gasteiger partial charge in [0.1, 0.15) is 5.57 Å². The van der Waals surface area contributed by atoms with Gasteiger partial charge in [-0.05, 0) is 60.7 Å². The lowest BCUT2D eigenvalue weighted by molar-refractivity contribution is -0.122. The first-order valence-electron chi connectivity index (χ1n) is 8.54. The number of barbiturate groups is 1. The van der Waals surface area contributed by atoms with Crippen LogP contribution in [0, 0.1) is 0 Å². The molecule has 8 heteroatoms. The zero-order valence-corrected chi connectivity index (χ0v) is 16.3. The van der Waals surface area contributed by atoms with Crippen molar-refractivity contribution in [3.05, 3.63) is 88.2 Å². The van der Waals surface area contributed by atoms with E-state index in [-0.39, 0.29) is 11.3 Å². The van der Waals surface area contributed by atoms with E-state index in [0.717, 1.165) is 10.6 Å². The third kappa shape index (κ3) is 3.68. The largest absolute Gasteiger partial charge is 0.335 e. The summed E-state index contributed by atoms with van der Waals surface area (Å²) in [4.78, 5) is 38.5. The van der Waals surface area contributed by atoms with E-state index in [1.54, 1.807) is 53.2 Å². The number of nitrogens with one attached hydrogen (secondary N) is 1. The molecular weight excluding hydrogens is 413 g/mol. The number of aromatic nitrogens is 1. The summed E-state index contributed by atoms with van der Waals surface area (Å²) in [6, 6.07) is 16.1. The molecule has 1 N–H and O–H groups in total. The number of carbonyl (C=O) groups excluding carboxylic acids is 3. The van der Waals surface area contributed by atoms with Gasteiger partial charge in [-0.3, -0.25) is 14.9 Å². The monoisotopic (exact) mass is 425 g/mol. The van der Waals surface area contributed by atoms with Gasteiger partial charge in [0, 0.05) is 27.6 Å². The van der Waals surface area contributed by atoms with Crippen LogP contribution in [-0.4, -0.2) is 22.4 Å². The Morgan fingerprint density at radius 1 is 0.828 bits per heavy atom. The van der Waals surface area contributed by atoms with E-state index in [1.165, 1.54) is 12.1 Å². The summed E-state index contributed by atoms with van der Waals surface area (Å²) in [7, 11) is 0. The molecule has 0 aliphatic carbocycles. The molecule has 0 spiro atoms. The first kappa shape index (κ1) is 19.0. The number of rotatable bonds is 3. The number of anilines is 1. The molecule has 0 bridgehead atoms. The minimum absolute atomic E-state index is 0.168. The lowest BCUT2D eigenvalue weighted by atomic mass is 10.1. The number of nitrogens with zero attached hydrogens (tertiary/aromatic N) is 2. The zero-order valence-electron chi connectivity index (χ0n) is 14.8. The molecule has 1 aliphatic heterocycles.